The topological polar surface area (TPSA) is 91.5 Å². The Labute approximate surface area is 183 Å². The summed E-state index contributed by atoms with van der Waals surface area (Å²) in [5.41, 5.74) is 8.55. The van der Waals surface area contributed by atoms with Crippen LogP contribution in [0.5, 0.6) is 0 Å². The lowest BCUT2D eigenvalue weighted by molar-refractivity contribution is 1.12. The number of halogens is 2. The van der Waals surface area contributed by atoms with Gasteiger partial charge in [-0.3, -0.25) is 9.59 Å². The smallest absolute Gasteiger partial charge is 0.314 e. The van der Waals surface area contributed by atoms with Crippen LogP contribution >= 0.6 is 23.2 Å². The summed E-state index contributed by atoms with van der Waals surface area (Å²) in [5, 5.41) is 0.516. The van der Waals surface area contributed by atoms with Gasteiger partial charge in [-0.2, -0.15) is 0 Å². The SMILES string of the molecule is Cc1cc2[nH]c(=O)c(=O)[nH]c2c(C)c1C.Cc1cc2nc(Cl)c(Cl)nc2c(C)c1C. The van der Waals surface area contributed by atoms with Crippen molar-refractivity contribution in [2.45, 2.75) is 41.5 Å². The summed E-state index contributed by atoms with van der Waals surface area (Å²) in [6.45, 7) is 12.0. The lowest BCUT2D eigenvalue weighted by atomic mass is 10.0. The Kier molecular flexibility index (Phi) is 6.01. The Balaban J connectivity index is 0.000000171. The molecule has 6 nitrogen and oxygen atoms in total. The highest BCUT2D eigenvalue weighted by atomic mass is 35.5. The number of rotatable bonds is 0. The number of benzene rings is 2. The van der Waals surface area contributed by atoms with Gasteiger partial charge < -0.3 is 9.97 Å². The third-order valence-electron chi connectivity index (χ3n) is 5.56. The Morgan fingerprint density at radius 3 is 1.90 bits per heavy atom. The van der Waals surface area contributed by atoms with E-state index in [0.717, 1.165) is 33.3 Å². The molecule has 30 heavy (non-hydrogen) atoms. The molecule has 0 amide bonds. The number of nitrogens with one attached hydrogen (secondary N) is 2. The highest BCUT2D eigenvalue weighted by Gasteiger charge is 2.10. The van der Waals surface area contributed by atoms with Gasteiger partial charge >= 0.3 is 11.1 Å². The monoisotopic (exact) mass is 444 g/mol. The van der Waals surface area contributed by atoms with Gasteiger partial charge in [-0.05, 0) is 87.1 Å². The largest absolute Gasteiger partial charge is 0.316 e. The van der Waals surface area contributed by atoms with E-state index in [2.05, 4.69) is 26.9 Å². The maximum atomic E-state index is 11.2. The van der Waals surface area contributed by atoms with Crippen molar-refractivity contribution in [3.05, 3.63) is 76.5 Å². The van der Waals surface area contributed by atoms with E-state index in [-0.39, 0.29) is 10.3 Å². The molecule has 4 rings (SSSR count). The second kappa shape index (κ2) is 8.20. The Bertz CT molecular complexity index is 1420. The van der Waals surface area contributed by atoms with Gasteiger partial charge in [0.05, 0.1) is 22.1 Å². The van der Waals surface area contributed by atoms with Crippen molar-refractivity contribution in [3.63, 3.8) is 0 Å². The summed E-state index contributed by atoms with van der Waals surface area (Å²) in [6, 6.07) is 3.85. The molecular weight excluding hydrogens is 423 g/mol. The van der Waals surface area contributed by atoms with Gasteiger partial charge in [0, 0.05) is 0 Å². The number of hydrogen-bond donors (Lipinski definition) is 2. The average molecular weight is 445 g/mol. The Morgan fingerprint density at radius 2 is 1.23 bits per heavy atom. The van der Waals surface area contributed by atoms with Crippen LogP contribution in [0.15, 0.2) is 21.7 Å². The van der Waals surface area contributed by atoms with Crippen LogP contribution < -0.4 is 11.1 Å². The fourth-order valence-corrected chi connectivity index (χ4v) is 3.52. The standard InChI is InChI=1S/C11H10Cl2N2.C11H12N2O2/c1-5-4-8-9(7(3)6(5)2)15-11(13)10(12)14-8;1-5-4-8-9(7(3)6(5)2)13-11(15)10(14)12-8/h4H,1-3H3;4H,1-3H3,(H,12,14)(H,13,15). The zero-order chi connectivity index (χ0) is 22.3. The van der Waals surface area contributed by atoms with Crippen LogP contribution in [0.1, 0.15) is 33.4 Å². The molecule has 4 aromatic rings. The van der Waals surface area contributed by atoms with Gasteiger partial charge in [-0.15, -0.1) is 0 Å². The summed E-state index contributed by atoms with van der Waals surface area (Å²) in [5.74, 6) is 0. The molecule has 0 bridgehead atoms. The third-order valence-corrected chi connectivity index (χ3v) is 6.18. The number of aromatic nitrogens is 4. The van der Waals surface area contributed by atoms with Gasteiger partial charge in [-0.1, -0.05) is 23.2 Å². The van der Waals surface area contributed by atoms with Crippen molar-refractivity contribution in [2.24, 2.45) is 0 Å². The minimum absolute atomic E-state index is 0.256. The first-order valence-corrected chi connectivity index (χ1v) is 10.1. The quantitative estimate of drug-likeness (QED) is 0.373. The van der Waals surface area contributed by atoms with E-state index in [0.29, 0.717) is 11.0 Å². The van der Waals surface area contributed by atoms with Gasteiger partial charge in [0.25, 0.3) is 0 Å². The third kappa shape index (κ3) is 3.98. The molecule has 0 fully saturated rings. The summed E-state index contributed by atoms with van der Waals surface area (Å²) in [4.78, 5) is 35.9. The molecule has 0 aliphatic heterocycles. The molecule has 2 N–H and O–H groups in total. The van der Waals surface area contributed by atoms with E-state index >= 15 is 0 Å². The number of fused-ring (bicyclic) bond motifs is 2. The number of hydrogen-bond acceptors (Lipinski definition) is 4. The first-order chi connectivity index (χ1) is 14.0. The number of aryl methyl sites for hydroxylation is 4. The molecule has 0 saturated heterocycles. The molecule has 0 aliphatic carbocycles. The Morgan fingerprint density at radius 1 is 0.700 bits per heavy atom. The molecule has 0 radical (unpaired) electrons. The first-order valence-electron chi connectivity index (χ1n) is 9.34. The van der Waals surface area contributed by atoms with Crippen LogP contribution in [0, 0.1) is 41.5 Å². The van der Waals surface area contributed by atoms with Gasteiger partial charge in [0.15, 0.2) is 10.3 Å². The molecule has 2 heterocycles. The van der Waals surface area contributed by atoms with Crippen LogP contribution in [-0.2, 0) is 0 Å². The number of H-pyrrole nitrogens is 2. The highest BCUT2D eigenvalue weighted by Crippen LogP contribution is 2.26. The van der Waals surface area contributed by atoms with Crippen molar-refractivity contribution in [1.29, 1.82) is 0 Å². The van der Waals surface area contributed by atoms with Crippen LogP contribution in [-0.4, -0.2) is 19.9 Å². The maximum Gasteiger partial charge on any atom is 0.314 e. The predicted octanol–water partition coefficient (Wildman–Crippen LogP) is 5.00. The zero-order valence-electron chi connectivity index (χ0n) is 17.6. The molecule has 8 heteroatoms. The van der Waals surface area contributed by atoms with Crippen molar-refractivity contribution >= 4 is 45.3 Å². The van der Waals surface area contributed by atoms with Crippen molar-refractivity contribution in [1.82, 2.24) is 19.9 Å². The van der Waals surface area contributed by atoms with Gasteiger partial charge in [0.1, 0.15) is 0 Å². The molecule has 0 saturated carbocycles. The zero-order valence-corrected chi connectivity index (χ0v) is 19.1. The average Bonchev–Trinajstić information content (AvgIpc) is 2.69. The second-order valence-corrected chi connectivity index (χ2v) is 8.11. The minimum Gasteiger partial charge on any atom is -0.316 e. The normalized spacial score (nSPS) is 10.9. The molecule has 0 atom stereocenters. The van der Waals surface area contributed by atoms with Crippen molar-refractivity contribution in [2.75, 3.05) is 0 Å². The van der Waals surface area contributed by atoms with E-state index in [1.54, 1.807) is 0 Å². The van der Waals surface area contributed by atoms with E-state index < -0.39 is 11.1 Å². The lowest BCUT2D eigenvalue weighted by Gasteiger charge is -2.08. The minimum atomic E-state index is -0.606. The van der Waals surface area contributed by atoms with Crippen LogP contribution in [0.25, 0.3) is 22.1 Å². The second-order valence-electron chi connectivity index (χ2n) is 7.39. The number of aromatic amines is 2. The van der Waals surface area contributed by atoms with E-state index in [4.69, 9.17) is 23.2 Å². The van der Waals surface area contributed by atoms with Crippen LogP contribution in [0.2, 0.25) is 10.3 Å². The molecule has 0 spiro atoms. The highest BCUT2D eigenvalue weighted by molar-refractivity contribution is 6.40. The molecule has 0 unspecified atom stereocenters. The summed E-state index contributed by atoms with van der Waals surface area (Å²) < 4.78 is 0. The fraction of sp³-hybridized carbons (Fsp3) is 0.273. The van der Waals surface area contributed by atoms with Gasteiger partial charge in [-0.25, -0.2) is 9.97 Å². The van der Waals surface area contributed by atoms with E-state index in [1.165, 1.54) is 11.1 Å². The molecular formula is C22H22Cl2N4O2. The maximum absolute atomic E-state index is 11.2. The summed E-state index contributed by atoms with van der Waals surface area (Å²) in [6.07, 6.45) is 0. The molecule has 2 aromatic carbocycles. The summed E-state index contributed by atoms with van der Waals surface area (Å²) in [7, 11) is 0. The van der Waals surface area contributed by atoms with Crippen LogP contribution in [0.4, 0.5) is 0 Å². The number of nitrogens with zero attached hydrogens (tertiary/aromatic N) is 2. The summed E-state index contributed by atoms with van der Waals surface area (Å²) >= 11 is 11.7. The van der Waals surface area contributed by atoms with Crippen LogP contribution in [0.3, 0.4) is 0 Å². The molecule has 0 aliphatic rings. The van der Waals surface area contributed by atoms with E-state index in [1.807, 2.05) is 46.8 Å². The van der Waals surface area contributed by atoms with Gasteiger partial charge in [0.2, 0.25) is 0 Å². The molecule has 2 aromatic heterocycles. The van der Waals surface area contributed by atoms with Crippen molar-refractivity contribution in [3.8, 4) is 0 Å². The predicted molar refractivity (Wildman–Crippen MR) is 123 cm³/mol. The Hall–Kier alpha value is -2.70. The van der Waals surface area contributed by atoms with E-state index in [9.17, 15) is 9.59 Å². The fourth-order valence-electron chi connectivity index (χ4n) is 3.26. The van der Waals surface area contributed by atoms with Crippen molar-refractivity contribution < 1.29 is 0 Å². The molecule has 156 valence electrons. The first kappa shape index (κ1) is 22.0. The lowest BCUT2D eigenvalue weighted by Crippen LogP contribution is -2.29.